The molecule has 2 N–H and O–H groups in total. The topological polar surface area (TPSA) is 58.1 Å². The Bertz CT molecular complexity index is 825. The molecule has 3 rings (SSSR count). The molecule has 2 atom stereocenters. The lowest BCUT2D eigenvalue weighted by atomic mass is 10.1. The average Bonchev–Trinajstić information content (AvgIpc) is 3.12. The lowest BCUT2D eigenvalue weighted by Crippen LogP contribution is -2.35. The Morgan fingerprint density at radius 3 is 2.67 bits per heavy atom. The van der Waals surface area contributed by atoms with Crippen LogP contribution in [0.2, 0.25) is 0 Å². The molecule has 1 aliphatic rings. The first kappa shape index (κ1) is 22.0. The fraction of sp³-hybridized carbons (Fsp3) is 0.458. The first-order chi connectivity index (χ1) is 14.6. The van der Waals surface area contributed by atoms with Crippen LogP contribution in [0.4, 0.5) is 5.69 Å². The van der Waals surface area contributed by atoms with Crippen molar-refractivity contribution in [3.05, 3.63) is 54.1 Å². The number of nitrogens with zero attached hydrogens (tertiary/aromatic N) is 2. The monoisotopic (exact) mass is 410 g/mol. The number of hydrogen-bond donors (Lipinski definition) is 2. The molecule has 2 aromatic rings. The lowest BCUT2D eigenvalue weighted by Gasteiger charge is -2.21. The molecule has 1 aliphatic heterocycles. The first-order valence-electron chi connectivity index (χ1n) is 10.7. The summed E-state index contributed by atoms with van der Waals surface area (Å²) in [6.45, 7) is 7.88. The summed E-state index contributed by atoms with van der Waals surface area (Å²) in [5.41, 5.74) is 2.29. The molecule has 6 nitrogen and oxygen atoms in total. The Kier molecular flexibility index (Phi) is 7.97. The van der Waals surface area contributed by atoms with E-state index in [9.17, 15) is 0 Å². The summed E-state index contributed by atoms with van der Waals surface area (Å²) < 4.78 is 11.0. The van der Waals surface area contributed by atoms with E-state index in [0.717, 1.165) is 37.0 Å². The zero-order chi connectivity index (χ0) is 21.3. The smallest absolute Gasteiger partial charge is 0.195 e. The van der Waals surface area contributed by atoms with Crippen LogP contribution in [0.15, 0.2) is 53.5 Å². The van der Waals surface area contributed by atoms with Crippen LogP contribution in [0.25, 0.3) is 0 Å². The zero-order valence-corrected chi connectivity index (χ0v) is 18.5. The number of aliphatic imine (C=N–C) groups is 1. The fourth-order valence-corrected chi connectivity index (χ4v) is 3.98. The number of ether oxygens (including phenoxy) is 2. The van der Waals surface area contributed by atoms with Crippen molar-refractivity contribution in [1.29, 1.82) is 0 Å². The van der Waals surface area contributed by atoms with Crippen molar-refractivity contribution in [2.75, 3.05) is 39.2 Å². The highest BCUT2D eigenvalue weighted by atomic mass is 16.5. The van der Waals surface area contributed by atoms with E-state index in [4.69, 9.17) is 9.47 Å². The van der Waals surface area contributed by atoms with Crippen LogP contribution in [0.5, 0.6) is 11.5 Å². The molecule has 0 bridgehead atoms. The highest BCUT2D eigenvalue weighted by molar-refractivity contribution is 5.93. The van der Waals surface area contributed by atoms with Gasteiger partial charge in [0.15, 0.2) is 17.5 Å². The summed E-state index contributed by atoms with van der Waals surface area (Å²) in [6.07, 6.45) is 1.19. The molecule has 0 amide bonds. The Labute approximate surface area is 180 Å². The number of guanidine groups is 1. The molecule has 0 spiro atoms. The van der Waals surface area contributed by atoms with Gasteiger partial charge in [-0.2, -0.15) is 0 Å². The molecule has 162 valence electrons. The molecule has 2 unspecified atom stereocenters. The maximum atomic E-state index is 5.59. The van der Waals surface area contributed by atoms with Gasteiger partial charge in [-0.05, 0) is 43.9 Å². The van der Waals surface area contributed by atoms with Gasteiger partial charge in [-0.3, -0.25) is 9.89 Å². The molecule has 1 saturated heterocycles. The second kappa shape index (κ2) is 10.9. The number of anilines is 1. The second-order valence-corrected chi connectivity index (χ2v) is 7.74. The van der Waals surface area contributed by atoms with Crippen molar-refractivity contribution in [3.8, 4) is 11.5 Å². The van der Waals surface area contributed by atoms with Crippen LogP contribution in [0, 0.1) is 5.92 Å². The summed E-state index contributed by atoms with van der Waals surface area (Å²) in [6, 6.07) is 17.1. The SMILES string of the molecule is CCOc1ccc(NC(=NC)NCC2CC(C)N(Cc3ccccc3)C2)cc1OC. The van der Waals surface area contributed by atoms with Gasteiger partial charge in [0.25, 0.3) is 0 Å². The van der Waals surface area contributed by atoms with Crippen LogP contribution >= 0.6 is 0 Å². The normalized spacial score (nSPS) is 19.5. The molecular formula is C24H34N4O2. The van der Waals surface area contributed by atoms with E-state index < -0.39 is 0 Å². The molecule has 0 saturated carbocycles. The number of methoxy groups -OCH3 is 1. The molecule has 1 fully saturated rings. The Morgan fingerprint density at radius 2 is 1.97 bits per heavy atom. The minimum absolute atomic E-state index is 0.586. The number of rotatable bonds is 8. The van der Waals surface area contributed by atoms with E-state index in [-0.39, 0.29) is 0 Å². The number of hydrogen-bond acceptors (Lipinski definition) is 4. The van der Waals surface area contributed by atoms with Gasteiger partial charge in [-0.25, -0.2) is 0 Å². The number of nitrogens with one attached hydrogen (secondary N) is 2. The van der Waals surface area contributed by atoms with Crippen LogP contribution in [-0.2, 0) is 6.54 Å². The number of benzene rings is 2. The zero-order valence-electron chi connectivity index (χ0n) is 18.5. The first-order valence-corrected chi connectivity index (χ1v) is 10.7. The van der Waals surface area contributed by atoms with Gasteiger partial charge in [0.1, 0.15) is 0 Å². The van der Waals surface area contributed by atoms with Crippen LogP contribution in [-0.4, -0.2) is 50.8 Å². The van der Waals surface area contributed by atoms with E-state index >= 15 is 0 Å². The van der Waals surface area contributed by atoms with Gasteiger partial charge in [0.2, 0.25) is 0 Å². The quantitative estimate of drug-likeness (QED) is 0.509. The van der Waals surface area contributed by atoms with Crippen LogP contribution in [0.1, 0.15) is 25.8 Å². The Hall–Kier alpha value is -2.73. The molecular weight excluding hydrogens is 376 g/mol. The molecule has 0 aromatic heterocycles. The van der Waals surface area contributed by atoms with E-state index in [1.165, 1.54) is 12.0 Å². The van der Waals surface area contributed by atoms with Crippen LogP contribution < -0.4 is 20.1 Å². The van der Waals surface area contributed by atoms with E-state index in [0.29, 0.717) is 24.3 Å². The van der Waals surface area contributed by atoms with Gasteiger partial charge in [0.05, 0.1) is 13.7 Å². The molecule has 2 aromatic carbocycles. The van der Waals surface area contributed by atoms with Gasteiger partial charge >= 0.3 is 0 Å². The predicted molar refractivity (Wildman–Crippen MR) is 124 cm³/mol. The second-order valence-electron chi connectivity index (χ2n) is 7.74. The third kappa shape index (κ3) is 5.89. The lowest BCUT2D eigenvalue weighted by molar-refractivity contribution is 0.255. The third-order valence-electron chi connectivity index (χ3n) is 5.53. The van der Waals surface area contributed by atoms with E-state index in [2.05, 4.69) is 57.8 Å². The van der Waals surface area contributed by atoms with Crippen molar-refractivity contribution >= 4 is 11.6 Å². The summed E-state index contributed by atoms with van der Waals surface area (Å²) in [5.74, 6) is 2.80. The summed E-state index contributed by atoms with van der Waals surface area (Å²) in [7, 11) is 3.44. The summed E-state index contributed by atoms with van der Waals surface area (Å²) in [4.78, 5) is 6.94. The molecule has 30 heavy (non-hydrogen) atoms. The highest BCUT2D eigenvalue weighted by Crippen LogP contribution is 2.30. The third-order valence-corrected chi connectivity index (χ3v) is 5.53. The molecule has 0 radical (unpaired) electrons. The van der Waals surface area contributed by atoms with Crippen molar-refractivity contribution < 1.29 is 9.47 Å². The van der Waals surface area contributed by atoms with Gasteiger partial charge in [-0.1, -0.05) is 30.3 Å². The Balaban J connectivity index is 1.52. The van der Waals surface area contributed by atoms with Crippen molar-refractivity contribution in [2.45, 2.75) is 32.9 Å². The summed E-state index contributed by atoms with van der Waals surface area (Å²) in [5, 5.41) is 6.83. The average molecular weight is 411 g/mol. The minimum atomic E-state index is 0.586. The minimum Gasteiger partial charge on any atom is -0.493 e. The molecule has 1 heterocycles. The van der Waals surface area contributed by atoms with Gasteiger partial charge in [-0.15, -0.1) is 0 Å². The van der Waals surface area contributed by atoms with Crippen LogP contribution in [0.3, 0.4) is 0 Å². The van der Waals surface area contributed by atoms with Crippen molar-refractivity contribution in [3.63, 3.8) is 0 Å². The highest BCUT2D eigenvalue weighted by Gasteiger charge is 2.28. The fourth-order valence-electron chi connectivity index (χ4n) is 3.98. The predicted octanol–water partition coefficient (Wildman–Crippen LogP) is 3.99. The van der Waals surface area contributed by atoms with Gasteiger partial charge < -0.3 is 20.1 Å². The summed E-state index contributed by atoms with van der Waals surface area (Å²) >= 11 is 0. The molecule has 0 aliphatic carbocycles. The molecule has 6 heteroatoms. The standard InChI is InChI=1S/C24H34N4O2/c1-5-30-22-12-11-21(14-23(22)29-4)27-24(25-3)26-15-20-13-18(2)28(17-20)16-19-9-7-6-8-10-19/h6-12,14,18,20H,5,13,15-17H2,1-4H3,(H2,25,26,27). The maximum absolute atomic E-state index is 5.59. The van der Waals surface area contributed by atoms with Crippen molar-refractivity contribution in [2.24, 2.45) is 10.9 Å². The van der Waals surface area contributed by atoms with Crippen molar-refractivity contribution in [1.82, 2.24) is 10.2 Å². The van der Waals surface area contributed by atoms with E-state index in [1.807, 2.05) is 25.1 Å². The van der Waals surface area contributed by atoms with E-state index in [1.54, 1.807) is 14.2 Å². The number of likely N-dealkylation sites (tertiary alicyclic amines) is 1. The largest absolute Gasteiger partial charge is 0.493 e. The maximum Gasteiger partial charge on any atom is 0.195 e. The van der Waals surface area contributed by atoms with Gasteiger partial charge in [0, 0.05) is 44.5 Å². The Morgan fingerprint density at radius 1 is 1.17 bits per heavy atom.